The number of hydrogen-bond donors (Lipinski definition) is 2. The van der Waals surface area contributed by atoms with Gasteiger partial charge in [-0.25, -0.2) is 0 Å². The smallest absolute Gasteiger partial charge is 0.372 e. The van der Waals surface area contributed by atoms with Crippen LogP contribution in [0.1, 0.15) is 0 Å². The molecule has 8 nitrogen and oxygen atoms in total. The van der Waals surface area contributed by atoms with Crippen molar-refractivity contribution in [3.63, 3.8) is 0 Å². The topological polar surface area (TPSA) is 110 Å². The van der Waals surface area contributed by atoms with Gasteiger partial charge in [0.15, 0.2) is 0 Å². The third-order valence-electron chi connectivity index (χ3n) is 2.08. The predicted molar refractivity (Wildman–Crippen MR) is 58.0 cm³/mol. The molecule has 2 heterocycles. The highest BCUT2D eigenvalue weighted by Crippen LogP contribution is 2.24. The van der Waals surface area contributed by atoms with Crippen LogP contribution in [0.4, 0.5) is 11.6 Å². The fourth-order valence-corrected chi connectivity index (χ4v) is 1.44. The van der Waals surface area contributed by atoms with Crippen molar-refractivity contribution < 1.29 is 14.8 Å². The minimum Gasteiger partial charge on any atom is -0.480 e. The highest BCUT2D eigenvalue weighted by atomic mass is 16.6. The van der Waals surface area contributed by atoms with Gasteiger partial charge < -0.3 is 20.5 Å². The lowest BCUT2D eigenvalue weighted by molar-refractivity contribution is -0.389. The molecule has 0 aromatic carbocycles. The van der Waals surface area contributed by atoms with E-state index in [2.05, 4.69) is 10.3 Å². The number of carbonyl (C=O) groups is 1. The molecule has 88 valence electrons. The van der Waals surface area contributed by atoms with Gasteiger partial charge in [-0.1, -0.05) is 6.07 Å². The van der Waals surface area contributed by atoms with E-state index in [1.165, 1.54) is 10.6 Å². The van der Waals surface area contributed by atoms with Crippen molar-refractivity contribution in [3.8, 4) is 0 Å². The van der Waals surface area contributed by atoms with E-state index in [9.17, 15) is 14.9 Å². The summed E-state index contributed by atoms with van der Waals surface area (Å²) in [7, 11) is 0. The lowest BCUT2D eigenvalue weighted by Crippen LogP contribution is -2.13. The minimum absolute atomic E-state index is 0.0522. The molecular weight excluding hydrogens is 228 g/mol. The molecule has 0 saturated carbocycles. The van der Waals surface area contributed by atoms with Gasteiger partial charge in [-0.15, -0.1) is 0 Å². The Bertz CT molecular complexity index is 592. The summed E-state index contributed by atoms with van der Waals surface area (Å²) in [6, 6.07) is 4.91. The van der Waals surface area contributed by atoms with Crippen molar-refractivity contribution >= 4 is 23.3 Å². The van der Waals surface area contributed by atoms with Crippen LogP contribution in [0.25, 0.3) is 5.65 Å². The van der Waals surface area contributed by atoms with Crippen molar-refractivity contribution in [2.75, 3.05) is 11.9 Å². The molecule has 2 rings (SSSR count). The number of imidazole rings is 1. The second-order valence-corrected chi connectivity index (χ2v) is 3.22. The number of aliphatic carboxylic acids is 1. The Morgan fingerprint density at radius 2 is 2.35 bits per heavy atom. The van der Waals surface area contributed by atoms with Gasteiger partial charge in [0.05, 0.1) is 6.20 Å². The maximum Gasteiger partial charge on any atom is 0.372 e. The average Bonchev–Trinajstić information content (AvgIpc) is 2.64. The van der Waals surface area contributed by atoms with Crippen LogP contribution >= 0.6 is 0 Å². The number of carboxylic acid groups (broad SMARTS) is 1. The summed E-state index contributed by atoms with van der Waals surface area (Å²) < 4.78 is 1.28. The molecule has 0 spiro atoms. The number of hydrogen-bond acceptors (Lipinski definition) is 5. The van der Waals surface area contributed by atoms with E-state index in [0.29, 0.717) is 5.65 Å². The molecule has 0 aliphatic heterocycles. The van der Waals surface area contributed by atoms with Crippen LogP contribution in [0.2, 0.25) is 0 Å². The first-order chi connectivity index (χ1) is 8.09. The van der Waals surface area contributed by atoms with Crippen LogP contribution in [-0.4, -0.2) is 31.9 Å². The third kappa shape index (κ3) is 2.00. The molecule has 2 N–H and O–H groups in total. The second kappa shape index (κ2) is 4.08. The van der Waals surface area contributed by atoms with Crippen LogP contribution in [-0.2, 0) is 4.79 Å². The number of carboxylic acids is 1. The van der Waals surface area contributed by atoms with Crippen LogP contribution in [0.5, 0.6) is 0 Å². The van der Waals surface area contributed by atoms with E-state index in [1.807, 2.05) is 0 Å². The van der Waals surface area contributed by atoms with Gasteiger partial charge >= 0.3 is 11.8 Å². The van der Waals surface area contributed by atoms with Crippen LogP contribution in [0.15, 0.2) is 24.4 Å². The summed E-state index contributed by atoms with van der Waals surface area (Å²) in [5, 5.41) is 21.8. The van der Waals surface area contributed by atoms with Crippen molar-refractivity contribution in [2.24, 2.45) is 0 Å². The number of rotatable bonds is 4. The molecule has 2 aromatic rings. The Morgan fingerprint density at radius 3 is 3.00 bits per heavy atom. The second-order valence-electron chi connectivity index (χ2n) is 3.22. The predicted octanol–water partition coefficient (Wildman–Crippen LogP) is 0.739. The molecule has 0 aliphatic carbocycles. The van der Waals surface area contributed by atoms with Crippen LogP contribution in [0, 0.1) is 10.1 Å². The Labute approximate surface area is 94.7 Å². The zero-order chi connectivity index (χ0) is 12.4. The number of nitro groups is 1. The van der Waals surface area contributed by atoms with Gasteiger partial charge in [-0.2, -0.15) is 9.38 Å². The van der Waals surface area contributed by atoms with Crippen molar-refractivity contribution in [3.05, 3.63) is 34.5 Å². The van der Waals surface area contributed by atoms with E-state index in [0.717, 1.165) is 0 Å². The quantitative estimate of drug-likeness (QED) is 0.598. The molecule has 0 atom stereocenters. The summed E-state index contributed by atoms with van der Waals surface area (Å²) in [6.45, 7) is -0.426. The van der Waals surface area contributed by atoms with E-state index < -0.39 is 17.4 Å². The van der Waals surface area contributed by atoms with Crippen LogP contribution in [0.3, 0.4) is 0 Å². The van der Waals surface area contributed by atoms with Gasteiger partial charge in [0.25, 0.3) is 0 Å². The van der Waals surface area contributed by atoms with E-state index in [-0.39, 0.29) is 11.6 Å². The number of nitrogens with zero attached hydrogens (tertiary/aromatic N) is 3. The number of aromatic nitrogens is 2. The SMILES string of the molecule is O=C(O)CNc1nc2ccccn2c1[N+](=O)[O-]. The Hall–Kier alpha value is -2.64. The Morgan fingerprint density at radius 1 is 1.59 bits per heavy atom. The van der Waals surface area contributed by atoms with Crippen molar-refractivity contribution in [2.45, 2.75) is 0 Å². The molecule has 0 fully saturated rings. The molecule has 2 aromatic heterocycles. The molecule has 0 unspecified atom stereocenters. The highest BCUT2D eigenvalue weighted by molar-refractivity contribution is 5.74. The first-order valence-electron chi connectivity index (χ1n) is 4.66. The zero-order valence-electron chi connectivity index (χ0n) is 8.53. The van der Waals surface area contributed by atoms with E-state index in [4.69, 9.17) is 5.11 Å². The van der Waals surface area contributed by atoms with Gasteiger partial charge in [0, 0.05) is 6.07 Å². The van der Waals surface area contributed by atoms with E-state index >= 15 is 0 Å². The first kappa shape index (κ1) is 10.9. The summed E-state index contributed by atoms with van der Waals surface area (Å²) >= 11 is 0. The van der Waals surface area contributed by atoms with Crippen LogP contribution < -0.4 is 5.32 Å². The van der Waals surface area contributed by atoms with Gasteiger partial charge in [0.2, 0.25) is 11.5 Å². The molecule has 0 bridgehead atoms. The first-order valence-corrected chi connectivity index (χ1v) is 4.66. The molecule has 17 heavy (non-hydrogen) atoms. The number of nitrogens with one attached hydrogen (secondary N) is 1. The Balaban J connectivity index is 2.50. The van der Waals surface area contributed by atoms with Gasteiger partial charge in [-0.05, 0) is 11.0 Å². The summed E-state index contributed by atoms with van der Waals surface area (Å²) in [5.74, 6) is -1.44. The maximum atomic E-state index is 10.9. The lowest BCUT2D eigenvalue weighted by atomic mass is 10.5. The number of fused-ring (bicyclic) bond motifs is 1. The molecular formula is C9H8N4O4. The van der Waals surface area contributed by atoms with Crippen molar-refractivity contribution in [1.29, 1.82) is 0 Å². The molecule has 0 aliphatic rings. The van der Waals surface area contributed by atoms with E-state index in [1.54, 1.807) is 18.2 Å². The summed E-state index contributed by atoms with van der Waals surface area (Å²) in [4.78, 5) is 24.6. The van der Waals surface area contributed by atoms with Gasteiger partial charge in [0.1, 0.15) is 6.54 Å². The largest absolute Gasteiger partial charge is 0.480 e. The third-order valence-corrected chi connectivity index (χ3v) is 2.08. The summed E-state index contributed by atoms with van der Waals surface area (Å²) in [5.41, 5.74) is 0.382. The average molecular weight is 236 g/mol. The maximum absolute atomic E-state index is 10.9. The highest BCUT2D eigenvalue weighted by Gasteiger charge is 2.22. The minimum atomic E-state index is -1.11. The van der Waals surface area contributed by atoms with Gasteiger partial charge in [-0.3, -0.25) is 4.79 Å². The molecule has 8 heteroatoms. The Kier molecular flexibility index (Phi) is 2.61. The standard InChI is InChI=1S/C9H8N4O4/c14-7(15)5-10-8-9(13(16)17)12-4-2-1-3-6(12)11-8/h1-4,10H,5H2,(H,14,15). The molecule has 0 radical (unpaired) electrons. The molecule has 0 amide bonds. The fraction of sp³-hybridized carbons (Fsp3) is 0.111. The number of anilines is 1. The van der Waals surface area contributed by atoms with Crippen molar-refractivity contribution in [1.82, 2.24) is 9.38 Å². The monoisotopic (exact) mass is 236 g/mol. The normalized spacial score (nSPS) is 10.4. The lowest BCUT2D eigenvalue weighted by Gasteiger charge is -1.98. The summed E-state index contributed by atoms with van der Waals surface area (Å²) in [6.07, 6.45) is 1.49. The molecule has 0 saturated heterocycles. The zero-order valence-corrected chi connectivity index (χ0v) is 8.53. The fourth-order valence-electron chi connectivity index (χ4n) is 1.44. The number of pyridine rings is 1.